The Morgan fingerprint density at radius 3 is 2.28 bits per heavy atom. The molecule has 2 amide bonds. The van der Waals surface area contributed by atoms with E-state index in [0.29, 0.717) is 12.1 Å². The predicted octanol–water partition coefficient (Wildman–Crippen LogP) is 5.56. The Labute approximate surface area is 196 Å². The first kappa shape index (κ1) is 25.9. The molecule has 174 valence electrons. The molecule has 1 aromatic heterocycles. The largest absolute Gasteiger partial charge is 0.364 e. The molecule has 1 heterocycles. The van der Waals surface area contributed by atoms with Crippen LogP contribution in [0.25, 0.3) is 0 Å². The van der Waals surface area contributed by atoms with Crippen molar-refractivity contribution in [3.05, 3.63) is 54.4 Å². The summed E-state index contributed by atoms with van der Waals surface area (Å²) in [5, 5.41) is 3.01. The first-order valence-electron chi connectivity index (χ1n) is 11.3. The average molecular weight is 457 g/mol. The number of anilines is 1. The van der Waals surface area contributed by atoms with Crippen LogP contribution in [-0.4, -0.2) is 22.3 Å². The van der Waals surface area contributed by atoms with Crippen LogP contribution in [0.1, 0.15) is 76.2 Å². The highest BCUT2D eigenvalue weighted by Gasteiger charge is 2.15. The van der Waals surface area contributed by atoms with Crippen LogP contribution in [0.3, 0.4) is 0 Å². The number of nitrogens with zero attached hydrogens (tertiary/aromatic N) is 1. The van der Waals surface area contributed by atoms with Crippen molar-refractivity contribution in [3.63, 3.8) is 0 Å². The molecule has 0 bridgehead atoms. The number of carbonyl (C=O) groups is 2. The van der Waals surface area contributed by atoms with E-state index < -0.39 is 5.91 Å². The molecular weight excluding hydrogens is 420 g/mol. The molecule has 6 nitrogen and oxygen atoms in total. The third-order valence-corrected chi connectivity index (χ3v) is 6.26. The van der Waals surface area contributed by atoms with Crippen LogP contribution in [0.15, 0.2) is 53.6 Å². The molecule has 1 aliphatic carbocycles. The fraction of sp³-hybridized carbons (Fsp3) is 0.480. The van der Waals surface area contributed by atoms with Crippen LogP contribution in [0, 0.1) is 5.92 Å². The minimum Gasteiger partial charge on any atom is -0.364 e. The Morgan fingerprint density at radius 1 is 1.06 bits per heavy atom. The number of aromatic nitrogens is 1. The lowest BCUT2D eigenvalue weighted by Gasteiger charge is -2.21. The summed E-state index contributed by atoms with van der Waals surface area (Å²) in [7, 11) is 0. The zero-order chi connectivity index (χ0) is 23.4. The van der Waals surface area contributed by atoms with E-state index in [4.69, 9.17) is 5.73 Å². The summed E-state index contributed by atoms with van der Waals surface area (Å²) in [6.07, 6.45) is 9.88. The lowest BCUT2D eigenvalue weighted by atomic mass is 9.86. The summed E-state index contributed by atoms with van der Waals surface area (Å²) in [5.41, 5.74) is 6.18. The Balaban J connectivity index is 0.000000336. The van der Waals surface area contributed by atoms with Gasteiger partial charge >= 0.3 is 0 Å². The highest BCUT2D eigenvalue weighted by Crippen LogP contribution is 2.27. The second-order valence-corrected chi connectivity index (χ2v) is 10.0. The summed E-state index contributed by atoms with van der Waals surface area (Å²) in [4.78, 5) is 27.3. The van der Waals surface area contributed by atoms with Crippen molar-refractivity contribution in [3.8, 4) is 0 Å². The maximum Gasteiger partial charge on any atom is 0.267 e. The second-order valence-electron chi connectivity index (χ2n) is 9.15. The zero-order valence-corrected chi connectivity index (χ0v) is 20.2. The number of nitrogens with one attached hydrogen (secondary N) is 2. The van der Waals surface area contributed by atoms with Crippen molar-refractivity contribution in [2.45, 2.75) is 76.2 Å². The van der Waals surface area contributed by atoms with Crippen molar-refractivity contribution < 1.29 is 9.59 Å². The van der Waals surface area contributed by atoms with E-state index in [1.165, 1.54) is 38.3 Å². The number of carbonyl (C=O) groups excluding carboxylic acids is 2. The Kier molecular flexibility index (Phi) is 10.7. The van der Waals surface area contributed by atoms with Crippen LogP contribution >= 0.6 is 11.9 Å². The van der Waals surface area contributed by atoms with E-state index in [1.54, 1.807) is 30.1 Å². The molecule has 32 heavy (non-hydrogen) atoms. The summed E-state index contributed by atoms with van der Waals surface area (Å²) < 4.78 is 3.38. The summed E-state index contributed by atoms with van der Waals surface area (Å²) in [6.45, 7) is 6.42. The van der Waals surface area contributed by atoms with Crippen LogP contribution in [0.2, 0.25) is 0 Å². The third kappa shape index (κ3) is 10.8. The van der Waals surface area contributed by atoms with Gasteiger partial charge in [-0.2, -0.15) is 0 Å². The minimum absolute atomic E-state index is 0.0800. The second kappa shape index (κ2) is 13.2. The van der Waals surface area contributed by atoms with Crippen LogP contribution in [0.5, 0.6) is 0 Å². The first-order chi connectivity index (χ1) is 15.2. The van der Waals surface area contributed by atoms with E-state index in [1.807, 2.05) is 24.3 Å². The normalized spacial score (nSPS) is 14.2. The molecular formula is C25H36N4O2S. The molecule has 0 aliphatic heterocycles. The zero-order valence-electron chi connectivity index (χ0n) is 19.4. The maximum atomic E-state index is 12.1. The fourth-order valence-electron chi connectivity index (χ4n) is 3.36. The van der Waals surface area contributed by atoms with Crippen molar-refractivity contribution in [2.75, 3.05) is 5.32 Å². The number of nitrogens with two attached hydrogens (primary N) is 1. The SMILES string of the molecule is CC(C)(C)NSc1ccc(NC(=O)CCC2CCCCC2)cc1.NC(=O)c1ccccn1. The molecule has 7 heteroatoms. The highest BCUT2D eigenvalue weighted by atomic mass is 32.2. The standard InChI is InChI=1S/C19H30N2OS.C6H6N2O/c1-19(2,3)21-23-17-12-10-16(11-13-17)20-18(22)14-9-15-7-5-4-6-8-15;7-6(9)5-3-1-2-4-8-5/h10-13,15,21H,4-9,14H2,1-3H3,(H,20,22);1-4H,(H2,7,9). The van der Waals surface area contributed by atoms with Gasteiger partial charge < -0.3 is 11.1 Å². The van der Waals surface area contributed by atoms with Crippen molar-refractivity contribution >= 4 is 29.4 Å². The number of hydrogen-bond donors (Lipinski definition) is 3. The molecule has 0 radical (unpaired) electrons. The monoisotopic (exact) mass is 456 g/mol. The Morgan fingerprint density at radius 2 is 1.75 bits per heavy atom. The molecule has 0 atom stereocenters. The number of benzene rings is 1. The van der Waals surface area contributed by atoms with Gasteiger partial charge in [-0.1, -0.05) is 38.2 Å². The summed E-state index contributed by atoms with van der Waals surface area (Å²) in [5.74, 6) is 0.413. The Bertz CT molecular complexity index is 829. The minimum atomic E-state index is -0.490. The predicted molar refractivity (Wildman–Crippen MR) is 132 cm³/mol. The average Bonchev–Trinajstić information content (AvgIpc) is 2.78. The lowest BCUT2D eigenvalue weighted by molar-refractivity contribution is -0.116. The lowest BCUT2D eigenvalue weighted by Crippen LogP contribution is -2.29. The van der Waals surface area contributed by atoms with E-state index in [0.717, 1.165) is 22.9 Å². The topological polar surface area (TPSA) is 97.1 Å². The van der Waals surface area contributed by atoms with Crippen molar-refractivity contribution in [1.82, 2.24) is 9.71 Å². The molecule has 0 unspecified atom stereocenters. The first-order valence-corrected chi connectivity index (χ1v) is 12.1. The van der Waals surface area contributed by atoms with E-state index in [2.05, 4.69) is 35.8 Å². The van der Waals surface area contributed by atoms with E-state index in [9.17, 15) is 9.59 Å². The van der Waals surface area contributed by atoms with Crippen molar-refractivity contribution in [2.24, 2.45) is 11.7 Å². The van der Waals surface area contributed by atoms with Crippen LogP contribution < -0.4 is 15.8 Å². The molecule has 2 aromatic rings. The van der Waals surface area contributed by atoms with Gasteiger partial charge in [-0.15, -0.1) is 0 Å². The number of pyridine rings is 1. The molecule has 1 aliphatic rings. The molecule has 4 N–H and O–H groups in total. The third-order valence-electron chi connectivity index (χ3n) is 5.03. The molecule has 0 saturated heterocycles. The van der Waals surface area contributed by atoms with E-state index in [-0.39, 0.29) is 11.4 Å². The quantitative estimate of drug-likeness (QED) is 0.474. The van der Waals surface area contributed by atoms with Gasteiger partial charge in [0.15, 0.2) is 0 Å². The highest BCUT2D eigenvalue weighted by molar-refractivity contribution is 7.97. The van der Waals surface area contributed by atoms with Gasteiger partial charge in [0, 0.05) is 28.7 Å². The van der Waals surface area contributed by atoms with Crippen molar-refractivity contribution in [1.29, 1.82) is 0 Å². The van der Waals surface area contributed by atoms with Gasteiger partial charge in [0.25, 0.3) is 5.91 Å². The Hall–Kier alpha value is -2.38. The van der Waals surface area contributed by atoms with Gasteiger partial charge in [-0.25, -0.2) is 0 Å². The fourth-order valence-corrected chi connectivity index (χ4v) is 4.06. The number of rotatable bonds is 7. The molecule has 3 rings (SSSR count). The number of primary amides is 1. The summed E-state index contributed by atoms with van der Waals surface area (Å²) >= 11 is 1.62. The maximum absolute atomic E-state index is 12.1. The van der Waals surface area contributed by atoms with Gasteiger partial charge in [-0.3, -0.25) is 19.3 Å². The number of hydrogen-bond acceptors (Lipinski definition) is 5. The molecule has 1 saturated carbocycles. The number of amides is 2. The molecule has 1 aromatic carbocycles. The molecule has 0 spiro atoms. The van der Waals surface area contributed by atoms with Crippen LogP contribution in [-0.2, 0) is 4.79 Å². The summed E-state index contributed by atoms with van der Waals surface area (Å²) in [6, 6.07) is 13.1. The van der Waals surface area contributed by atoms with Gasteiger partial charge in [0.05, 0.1) is 0 Å². The van der Waals surface area contributed by atoms with Gasteiger partial charge in [0.1, 0.15) is 5.69 Å². The van der Waals surface area contributed by atoms with Gasteiger partial charge in [-0.05, 0) is 81.5 Å². The van der Waals surface area contributed by atoms with Gasteiger partial charge in [0.2, 0.25) is 5.91 Å². The van der Waals surface area contributed by atoms with Crippen LogP contribution in [0.4, 0.5) is 5.69 Å². The smallest absolute Gasteiger partial charge is 0.267 e. The molecule has 1 fully saturated rings. The van der Waals surface area contributed by atoms with E-state index >= 15 is 0 Å².